The van der Waals surface area contributed by atoms with Crippen LogP contribution in [0.15, 0.2) is 78.2 Å². The van der Waals surface area contributed by atoms with Crippen molar-refractivity contribution in [3.8, 4) is 22.8 Å². The summed E-state index contributed by atoms with van der Waals surface area (Å²) >= 11 is 0. The molecule has 9 heteroatoms. The summed E-state index contributed by atoms with van der Waals surface area (Å²) in [5.41, 5.74) is 2.19. The third-order valence-corrected chi connectivity index (χ3v) is 5.10. The van der Waals surface area contributed by atoms with Crippen LogP contribution in [-0.2, 0) is 13.6 Å². The lowest BCUT2D eigenvalue weighted by molar-refractivity contribution is 0.483. The molecule has 2 aromatic carbocycles. The van der Waals surface area contributed by atoms with E-state index >= 15 is 0 Å². The first-order valence-corrected chi connectivity index (χ1v) is 10.0. The van der Waals surface area contributed by atoms with E-state index in [1.54, 1.807) is 47.4 Å². The molecule has 0 bridgehead atoms. The molecule has 0 fully saturated rings. The molecule has 0 unspecified atom stereocenters. The van der Waals surface area contributed by atoms with Gasteiger partial charge in [-0.2, -0.15) is 5.10 Å². The number of hydrogen-bond donors (Lipinski definition) is 0. The molecule has 0 N–H and O–H groups in total. The average Bonchev–Trinajstić information content (AvgIpc) is 3.25. The van der Waals surface area contributed by atoms with E-state index < -0.39 is 11.6 Å². The minimum Gasteiger partial charge on any atom is -0.457 e. The fraction of sp³-hybridized carbons (Fsp3) is 0.0833. The van der Waals surface area contributed by atoms with Crippen LogP contribution in [0.25, 0.3) is 22.2 Å². The van der Waals surface area contributed by atoms with Gasteiger partial charge in [0.25, 0.3) is 5.56 Å². The van der Waals surface area contributed by atoms with Crippen molar-refractivity contribution in [3.05, 3.63) is 101 Å². The number of hydrogen-bond acceptors (Lipinski definition) is 5. The van der Waals surface area contributed by atoms with Crippen LogP contribution in [0.3, 0.4) is 0 Å². The number of rotatable bonds is 5. The lowest BCUT2D eigenvalue weighted by Crippen LogP contribution is -2.21. The van der Waals surface area contributed by atoms with Gasteiger partial charge in [0.05, 0.1) is 35.7 Å². The molecule has 0 saturated heterocycles. The second-order valence-corrected chi connectivity index (χ2v) is 7.49. The maximum absolute atomic E-state index is 13.5. The van der Waals surface area contributed by atoms with Gasteiger partial charge >= 0.3 is 0 Å². The molecule has 5 aromatic rings. The van der Waals surface area contributed by atoms with Crippen molar-refractivity contribution in [1.82, 2.24) is 24.3 Å². The first-order chi connectivity index (χ1) is 16.0. The van der Waals surface area contributed by atoms with E-state index in [2.05, 4.69) is 15.1 Å². The predicted octanol–water partition coefficient (Wildman–Crippen LogP) is 4.31. The summed E-state index contributed by atoms with van der Waals surface area (Å²) in [5.74, 6) is -0.898. The van der Waals surface area contributed by atoms with Gasteiger partial charge in [0.1, 0.15) is 11.5 Å². The molecule has 0 amide bonds. The van der Waals surface area contributed by atoms with Crippen molar-refractivity contribution >= 4 is 10.9 Å². The van der Waals surface area contributed by atoms with Crippen molar-refractivity contribution in [3.63, 3.8) is 0 Å². The molecule has 164 valence electrons. The Morgan fingerprint density at radius 3 is 2.61 bits per heavy atom. The molecule has 7 nitrogen and oxygen atoms in total. The molecule has 3 aromatic heterocycles. The largest absolute Gasteiger partial charge is 0.457 e. The SMILES string of the molecule is Cn1cc(-c2cc(Oc3ccc4ncn(Cc5ccc(F)c(F)c5)c(=O)c4c3)ccn2)cn1. The van der Waals surface area contributed by atoms with Crippen molar-refractivity contribution in [2.24, 2.45) is 7.05 Å². The van der Waals surface area contributed by atoms with Gasteiger partial charge in [-0.1, -0.05) is 6.07 Å². The van der Waals surface area contributed by atoms with Gasteiger partial charge < -0.3 is 4.74 Å². The van der Waals surface area contributed by atoms with E-state index in [4.69, 9.17) is 4.74 Å². The number of pyridine rings is 1. The Morgan fingerprint density at radius 2 is 1.82 bits per heavy atom. The fourth-order valence-corrected chi connectivity index (χ4v) is 3.47. The van der Waals surface area contributed by atoms with Crippen LogP contribution < -0.4 is 10.3 Å². The Hall–Kier alpha value is -4.40. The standard InChI is InChI=1S/C24H17F2N5O2/c1-30-13-16(11-29-30)23-10-18(6-7-27-23)33-17-3-5-22-19(9-17)24(32)31(14-28-22)12-15-2-4-20(25)21(26)8-15/h2-11,13-14H,12H2,1H3. The fourth-order valence-electron chi connectivity index (χ4n) is 3.47. The topological polar surface area (TPSA) is 74.8 Å². The van der Waals surface area contributed by atoms with Gasteiger partial charge in [0, 0.05) is 31.1 Å². The average molecular weight is 445 g/mol. The van der Waals surface area contributed by atoms with Crippen LogP contribution in [0, 0.1) is 11.6 Å². The van der Waals surface area contributed by atoms with Crippen LogP contribution in [-0.4, -0.2) is 24.3 Å². The van der Waals surface area contributed by atoms with E-state index in [1.807, 2.05) is 13.2 Å². The summed E-state index contributed by atoms with van der Waals surface area (Å²) in [4.78, 5) is 21.7. The molecular formula is C24H17F2N5O2. The summed E-state index contributed by atoms with van der Waals surface area (Å²) in [5, 5.41) is 4.50. The van der Waals surface area contributed by atoms with E-state index in [1.165, 1.54) is 17.0 Å². The number of benzene rings is 2. The van der Waals surface area contributed by atoms with Crippen LogP contribution >= 0.6 is 0 Å². The zero-order valence-electron chi connectivity index (χ0n) is 17.4. The number of aromatic nitrogens is 5. The van der Waals surface area contributed by atoms with E-state index in [-0.39, 0.29) is 12.1 Å². The summed E-state index contributed by atoms with van der Waals surface area (Å²) < 4.78 is 35.7. The third-order valence-electron chi connectivity index (χ3n) is 5.10. The number of aryl methyl sites for hydroxylation is 1. The highest BCUT2D eigenvalue weighted by Gasteiger charge is 2.10. The third kappa shape index (κ3) is 4.20. The first-order valence-electron chi connectivity index (χ1n) is 10.0. The lowest BCUT2D eigenvalue weighted by Gasteiger charge is -2.10. The van der Waals surface area contributed by atoms with Crippen molar-refractivity contribution in [1.29, 1.82) is 0 Å². The van der Waals surface area contributed by atoms with Crippen LogP contribution in [0.4, 0.5) is 8.78 Å². The number of fused-ring (bicyclic) bond motifs is 1. The molecule has 5 rings (SSSR count). The molecule has 3 heterocycles. The Morgan fingerprint density at radius 1 is 0.970 bits per heavy atom. The molecule has 0 atom stereocenters. The van der Waals surface area contributed by atoms with Crippen molar-refractivity contribution in [2.75, 3.05) is 0 Å². The maximum Gasteiger partial charge on any atom is 0.261 e. The molecule has 0 radical (unpaired) electrons. The normalized spacial score (nSPS) is 11.1. The predicted molar refractivity (Wildman–Crippen MR) is 118 cm³/mol. The first kappa shape index (κ1) is 20.5. The summed E-state index contributed by atoms with van der Waals surface area (Å²) in [6.45, 7) is 0.0584. The van der Waals surface area contributed by atoms with Crippen LogP contribution in [0.5, 0.6) is 11.5 Å². The van der Waals surface area contributed by atoms with Gasteiger partial charge in [-0.25, -0.2) is 13.8 Å². The smallest absolute Gasteiger partial charge is 0.261 e. The molecular weight excluding hydrogens is 428 g/mol. The number of halogens is 2. The van der Waals surface area contributed by atoms with Crippen molar-refractivity contribution in [2.45, 2.75) is 6.54 Å². The zero-order valence-corrected chi connectivity index (χ0v) is 17.4. The van der Waals surface area contributed by atoms with Crippen LogP contribution in [0.2, 0.25) is 0 Å². The van der Waals surface area contributed by atoms with Gasteiger partial charge in [-0.3, -0.25) is 19.0 Å². The second kappa shape index (κ2) is 8.27. The van der Waals surface area contributed by atoms with Gasteiger partial charge in [-0.15, -0.1) is 0 Å². The van der Waals surface area contributed by atoms with E-state index in [9.17, 15) is 13.6 Å². The molecule has 0 aliphatic heterocycles. The lowest BCUT2D eigenvalue weighted by atomic mass is 10.2. The molecule has 0 aliphatic carbocycles. The van der Waals surface area contributed by atoms with E-state index in [0.717, 1.165) is 17.7 Å². The number of nitrogens with zero attached hydrogens (tertiary/aromatic N) is 5. The van der Waals surface area contributed by atoms with Crippen molar-refractivity contribution < 1.29 is 13.5 Å². The minimum absolute atomic E-state index is 0.0584. The monoisotopic (exact) mass is 445 g/mol. The van der Waals surface area contributed by atoms with Crippen LogP contribution in [0.1, 0.15) is 5.56 Å². The Balaban J connectivity index is 1.45. The molecule has 33 heavy (non-hydrogen) atoms. The Labute approximate surface area is 186 Å². The zero-order chi connectivity index (χ0) is 22.9. The second-order valence-electron chi connectivity index (χ2n) is 7.49. The minimum atomic E-state index is -0.965. The quantitative estimate of drug-likeness (QED) is 0.403. The van der Waals surface area contributed by atoms with Gasteiger partial charge in [0.2, 0.25) is 0 Å². The van der Waals surface area contributed by atoms with Gasteiger partial charge in [-0.05, 0) is 42.0 Å². The van der Waals surface area contributed by atoms with Gasteiger partial charge in [0.15, 0.2) is 11.6 Å². The molecule has 0 spiro atoms. The summed E-state index contributed by atoms with van der Waals surface area (Å²) in [6, 6.07) is 12.0. The Kier molecular flexibility index (Phi) is 5.14. The van der Waals surface area contributed by atoms with E-state index in [0.29, 0.717) is 33.7 Å². The highest BCUT2D eigenvalue weighted by Crippen LogP contribution is 2.26. The Bertz CT molecular complexity index is 1540. The number of ether oxygens (including phenoxy) is 1. The molecule has 0 saturated carbocycles. The summed E-state index contributed by atoms with van der Waals surface area (Å²) in [7, 11) is 1.83. The maximum atomic E-state index is 13.5. The summed E-state index contributed by atoms with van der Waals surface area (Å²) in [6.07, 6.45) is 6.58. The molecule has 0 aliphatic rings. The highest BCUT2D eigenvalue weighted by atomic mass is 19.2. The highest BCUT2D eigenvalue weighted by molar-refractivity contribution is 5.79.